The quantitative estimate of drug-likeness (QED) is 0.612. The zero-order chi connectivity index (χ0) is 22.7. The second-order valence-corrected chi connectivity index (χ2v) is 8.36. The van der Waals surface area contributed by atoms with Gasteiger partial charge in [-0.15, -0.1) is 0 Å². The fourth-order valence-corrected chi connectivity index (χ4v) is 4.24. The summed E-state index contributed by atoms with van der Waals surface area (Å²) < 4.78 is 1.58. The Morgan fingerprint density at radius 3 is 2.31 bits per heavy atom. The normalized spacial score (nSPS) is 14.4. The van der Waals surface area contributed by atoms with Crippen LogP contribution in [0.25, 0.3) is 5.69 Å². The molecule has 166 valence electrons. The van der Waals surface area contributed by atoms with Crippen LogP contribution in [0.3, 0.4) is 0 Å². The minimum Gasteiger partial charge on any atom is -0.336 e. The summed E-state index contributed by atoms with van der Waals surface area (Å²) >= 11 is 12.6. The first-order valence-corrected chi connectivity index (χ1v) is 11.1. The molecule has 0 unspecified atom stereocenters. The van der Waals surface area contributed by atoms with E-state index in [9.17, 15) is 9.59 Å². The molecule has 9 heteroatoms. The van der Waals surface area contributed by atoms with Gasteiger partial charge in [0, 0.05) is 26.2 Å². The van der Waals surface area contributed by atoms with E-state index in [-0.39, 0.29) is 18.4 Å². The highest BCUT2D eigenvalue weighted by molar-refractivity contribution is 6.34. The second-order valence-electron chi connectivity index (χ2n) is 7.59. The zero-order valence-electron chi connectivity index (χ0n) is 17.6. The SMILES string of the molecule is Cc1nn(-c2ccccc2)c(Cl)c1C(=O)N1CCN(CC(=O)Nc2ccccc2Cl)CC1. The van der Waals surface area contributed by atoms with Crippen molar-refractivity contribution in [3.63, 3.8) is 0 Å². The van der Waals surface area contributed by atoms with Crippen molar-refractivity contribution in [2.45, 2.75) is 6.92 Å². The average Bonchev–Trinajstić information content (AvgIpc) is 3.10. The number of amides is 2. The molecule has 32 heavy (non-hydrogen) atoms. The van der Waals surface area contributed by atoms with Crippen LogP contribution in [0.5, 0.6) is 0 Å². The smallest absolute Gasteiger partial charge is 0.258 e. The summed E-state index contributed by atoms with van der Waals surface area (Å²) in [6.07, 6.45) is 0. The molecule has 2 amide bonds. The Hall–Kier alpha value is -2.87. The Labute approximate surface area is 196 Å². The van der Waals surface area contributed by atoms with Crippen LogP contribution in [-0.4, -0.2) is 64.1 Å². The molecule has 0 spiro atoms. The molecule has 2 aromatic carbocycles. The van der Waals surface area contributed by atoms with Gasteiger partial charge in [0.2, 0.25) is 5.91 Å². The molecule has 1 aromatic heterocycles. The van der Waals surface area contributed by atoms with E-state index in [0.29, 0.717) is 53.3 Å². The molecule has 4 rings (SSSR count). The van der Waals surface area contributed by atoms with Crippen molar-refractivity contribution >= 4 is 40.7 Å². The number of hydrogen-bond acceptors (Lipinski definition) is 4. The molecule has 0 saturated carbocycles. The third kappa shape index (κ3) is 4.80. The van der Waals surface area contributed by atoms with Crippen LogP contribution in [0.1, 0.15) is 16.1 Å². The summed E-state index contributed by atoms with van der Waals surface area (Å²) in [5.74, 6) is -0.282. The van der Waals surface area contributed by atoms with Crippen LogP contribution >= 0.6 is 23.2 Å². The fourth-order valence-electron chi connectivity index (χ4n) is 3.70. The van der Waals surface area contributed by atoms with Crippen molar-refractivity contribution in [2.75, 3.05) is 38.0 Å². The molecular weight excluding hydrogens is 449 g/mol. The Morgan fingerprint density at radius 1 is 0.969 bits per heavy atom. The van der Waals surface area contributed by atoms with Gasteiger partial charge in [0.1, 0.15) is 5.15 Å². The number of aromatic nitrogens is 2. The largest absolute Gasteiger partial charge is 0.336 e. The van der Waals surface area contributed by atoms with E-state index in [2.05, 4.69) is 10.4 Å². The maximum Gasteiger partial charge on any atom is 0.258 e. The molecule has 1 N–H and O–H groups in total. The Kier molecular flexibility index (Phi) is 6.79. The minimum atomic E-state index is -0.144. The molecule has 0 aliphatic carbocycles. The fraction of sp³-hybridized carbons (Fsp3) is 0.261. The average molecular weight is 472 g/mol. The summed E-state index contributed by atoms with van der Waals surface area (Å²) in [7, 11) is 0. The topological polar surface area (TPSA) is 70.5 Å². The van der Waals surface area contributed by atoms with E-state index < -0.39 is 0 Å². The van der Waals surface area contributed by atoms with Crippen molar-refractivity contribution < 1.29 is 9.59 Å². The van der Waals surface area contributed by atoms with Crippen molar-refractivity contribution in [2.24, 2.45) is 0 Å². The number of hydrogen-bond donors (Lipinski definition) is 1. The van der Waals surface area contributed by atoms with Gasteiger partial charge in [-0.3, -0.25) is 14.5 Å². The van der Waals surface area contributed by atoms with Crippen LogP contribution in [-0.2, 0) is 4.79 Å². The molecule has 7 nitrogen and oxygen atoms in total. The Bertz CT molecular complexity index is 1120. The number of rotatable bonds is 5. The predicted molar refractivity (Wildman–Crippen MR) is 126 cm³/mol. The summed E-state index contributed by atoms with van der Waals surface area (Å²) in [4.78, 5) is 29.3. The van der Waals surface area contributed by atoms with Gasteiger partial charge in [-0.2, -0.15) is 5.10 Å². The molecule has 1 saturated heterocycles. The van der Waals surface area contributed by atoms with Crippen LogP contribution in [0.15, 0.2) is 54.6 Å². The third-order valence-electron chi connectivity index (χ3n) is 5.39. The lowest BCUT2D eigenvalue weighted by molar-refractivity contribution is -0.117. The van der Waals surface area contributed by atoms with E-state index >= 15 is 0 Å². The molecule has 1 aliphatic heterocycles. The lowest BCUT2D eigenvalue weighted by Crippen LogP contribution is -2.50. The van der Waals surface area contributed by atoms with Gasteiger partial charge in [-0.1, -0.05) is 53.5 Å². The van der Waals surface area contributed by atoms with Crippen LogP contribution in [0, 0.1) is 6.92 Å². The molecular formula is C23H23Cl2N5O2. The lowest BCUT2D eigenvalue weighted by Gasteiger charge is -2.34. The number of halogens is 2. The Morgan fingerprint density at radius 2 is 1.62 bits per heavy atom. The number of piperazine rings is 1. The zero-order valence-corrected chi connectivity index (χ0v) is 19.1. The van der Waals surface area contributed by atoms with E-state index in [1.165, 1.54) is 0 Å². The van der Waals surface area contributed by atoms with E-state index in [4.69, 9.17) is 23.2 Å². The summed E-state index contributed by atoms with van der Waals surface area (Å²) in [5.41, 5.74) is 2.40. The first-order valence-electron chi connectivity index (χ1n) is 10.3. The number of aryl methyl sites for hydroxylation is 1. The maximum absolute atomic E-state index is 13.2. The van der Waals surface area contributed by atoms with Crippen molar-refractivity contribution in [1.29, 1.82) is 0 Å². The number of carbonyl (C=O) groups excluding carboxylic acids is 2. The van der Waals surface area contributed by atoms with Gasteiger partial charge in [0.25, 0.3) is 5.91 Å². The molecule has 3 aromatic rings. The van der Waals surface area contributed by atoms with Gasteiger partial charge in [0.15, 0.2) is 0 Å². The van der Waals surface area contributed by atoms with Crippen molar-refractivity contribution in [1.82, 2.24) is 19.6 Å². The molecule has 1 aliphatic rings. The van der Waals surface area contributed by atoms with Crippen molar-refractivity contribution in [3.8, 4) is 5.69 Å². The summed E-state index contributed by atoms with van der Waals surface area (Å²) in [5, 5.41) is 8.10. The summed E-state index contributed by atoms with van der Waals surface area (Å²) in [6.45, 7) is 4.21. The monoisotopic (exact) mass is 471 g/mol. The molecule has 0 atom stereocenters. The third-order valence-corrected chi connectivity index (χ3v) is 6.07. The Balaban J connectivity index is 1.36. The summed E-state index contributed by atoms with van der Waals surface area (Å²) in [6, 6.07) is 16.6. The number of nitrogens with zero attached hydrogens (tertiary/aromatic N) is 4. The number of carbonyl (C=O) groups is 2. The predicted octanol–water partition coefficient (Wildman–Crippen LogP) is 3.88. The minimum absolute atomic E-state index is 0.138. The number of benzene rings is 2. The second kappa shape index (κ2) is 9.73. The standard InChI is InChI=1S/C23H23Cl2N5O2/c1-16-21(22(25)30(27-16)17-7-3-2-4-8-17)23(32)29-13-11-28(12-14-29)15-20(31)26-19-10-6-5-9-18(19)24/h2-10H,11-15H2,1H3,(H,26,31). The first kappa shape index (κ1) is 22.3. The lowest BCUT2D eigenvalue weighted by atomic mass is 10.2. The maximum atomic E-state index is 13.2. The van der Waals surface area contributed by atoms with E-state index in [1.807, 2.05) is 47.4 Å². The number of anilines is 1. The van der Waals surface area contributed by atoms with E-state index in [1.54, 1.807) is 28.6 Å². The molecule has 1 fully saturated rings. The van der Waals surface area contributed by atoms with Gasteiger partial charge < -0.3 is 10.2 Å². The molecule has 0 radical (unpaired) electrons. The number of para-hydroxylation sites is 2. The van der Waals surface area contributed by atoms with Gasteiger partial charge in [-0.05, 0) is 31.2 Å². The highest BCUT2D eigenvalue weighted by Gasteiger charge is 2.28. The van der Waals surface area contributed by atoms with Crippen LogP contribution < -0.4 is 5.32 Å². The highest BCUT2D eigenvalue weighted by atomic mass is 35.5. The van der Waals surface area contributed by atoms with Gasteiger partial charge in [0.05, 0.1) is 34.2 Å². The first-order chi connectivity index (χ1) is 15.4. The van der Waals surface area contributed by atoms with Gasteiger partial charge in [-0.25, -0.2) is 4.68 Å². The molecule has 2 heterocycles. The number of nitrogens with one attached hydrogen (secondary N) is 1. The molecule has 0 bridgehead atoms. The highest BCUT2D eigenvalue weighted by Crippen LogP contribution is 2.25. The van der Waals surface area contributed by atoms with Crippen LogP contribution in [0.4, 0.5) is 5.69 Å². The van der Waals surface area contributed by atoms with Gasteiger partial charge >= 0.3 is 0 Å². The van der Waals surface area contributed by atoms with Crippen molar-refractivity contribution in [3.05, 3.63) is 76.0 Å². The van der Waals surface area contributed by atoms with Crippen LogP contribution in [0.2, 0.25) is 10.2 Å². The van der Waals surface area contributed by atoms with E-state index in [0.717, 1.165) is 5.69 Å².